The number of para-hydroxylation sites is 1. The first kappa shape index (κ1) is 21.9. The van der Waals surface area contributed by atoms with Crippen LogP contribution in [0.5, 0.6) is 5.75 Å². The van der Waals surface area contributed by atoms with E-state index < -0.39 is 29.6 Å². The summed E-state index contributed by atoms with van der Waals surface area (Å²) in [7, 11) is 0. The Bertz CT molecular complexity index is 859. The lowest BCUT2D eigenvalue weighted by molar-refractivity contribution is -0.127. The summed E-state index contributed by atoms with van der Waals surface area (Å²) in [5.74, 6) is -0.706. The molecule has 2 N–H and O–H groups in total. The van der Waals surface area contributed by atoms with Crippen molar-refractivity contribution in [2.45, 2.75) is 45.9 Å². The maximum absolute atomic E-state index is 12.5. The van der Waals surface area contributed by atoms with Crippen LogP contribution in [0.2, 0.25) is 0 Å². The molecule has 2 aromatic rings. The molecule has 0 spiro atoms. The van der Waals surface area contributed by atoms with E-state index in [0.717, 1.165) is 0 Å². The predicted molar refractivity (Wildman–Crippen MR) is 109 cm³/mol. The molecule has 0 bridgehead atoms. The van der Waals surface area contributed by atoms with E-state index in [2.05, 4.69) is 10.6 Å². The standard InChI is InChI=1S/C22H26N2O5/c1-15(19(25)23-21(27)24-22(2,3)4)29-20(26)18-13-9-8-10-16(18)14-28-17-11-6-5-7-12-17/h5-13,15H,14H2,1-4H3,(H2,23,24,25,27)/t15-/m0/s1. The topological polar surface area (TPSA) is 93.7 Å². The van der Waals surface area contributed by atoms with Crippen molar-refractivity contribution in [1.82, 2.24) is 10.6 Å². The molecule has 0 saturated carbocycles. The number of hydrogen-bond acceptors (Lipinski definition) is 5. The molecule has 29 heavy (non-hydrogen) atoms. The number of amides is 3. The van der Waals surface area contributed by atoms with Crippen LogP contribution in [0.1, 0.15) is 43.6 Å². The SMILES string of the molecule is C[C@H](OC(=O)c1ccccc1COc1ccccc1)C(=O)NC(=O)NC(C)(C)C. The molecule has 7 heteroatoms. The zero-order valence-corrected chi connectivity index (χ0v) is 17.0. The van der Waals surface area contributed by atoms with Gasteiger partial charge in [0, 0.05) is 11.1 Å². The number of benzene rings is 2. The molecule has 2 aromatic carbocycles. The van der Waals surface area contributed by atoms with Gasteiger partial charge in [0.2, 0.25) is 0 Å². The van der Waals surface area contributed by atoms with E-state index in [4.69, 9.17) is 9.47 Å². The van der Waals surface area contributed by atoms with Crippen LogP contribution in [-0.4, -0.2) is 29.6 Å². The van der Waals surface area contributed by atoms with Gasteiger partial charge in [0.25, 0.3) is 5.91 Å². The van der Waals surface area contributed by atoms with Gasteiger partial charge in [-0.15, -0.1) is 0 Å². The molecule has 0 fully saturated rings. The Hall–Kier alpha value is -3.35. The van der Waals surface area contributed by atoms with Gasteiger partial charge in [-0.1, -0.05) is 36.4 Å². The lowest BCUT2D eigenvalue weighted by atomic mass is 10.1. The normalized spacial score (nSPS) is 11.9. The molecular formula is C22H26N2O5. The molecular weight excluding hydrogens is 372 g/mol. The van der Waals surface area contributed by atoms with Crippen LogP contribution >= 0.6 is 0 Å². The lowest BCUT2D eigenvalue weighted by Gasteiger charge is -2.21. The van der Waals surface area contributed by atoms with E-state index in [9.17, 15) is 14.4 Å². The van der Waals surface area contributed by atoms with Gasteiger partial charge >= 0.3 is 12.0 Å². The number of rotatable bonds is 6. The number of carbonyl (C=O) groups excluding carboxylic acids is 3. The summed E-state index contributed by atoms with van der Waals surface area (Å²) in [6, 6.07) is 15.4. The quantitative estimate of drug-likeness (QED) is 0.727. The van der Waals surface area contributed by atoms with Crippen molar-refractivity contribution in [1.29, 1.82) is 0 Å². The predicted octanol–water partition coefficient (Wildman–Crippen LogP) is 3.44. The molecule has 0 aliphatic carbocycles. The Kier molecular flexibility index (Phi) is 7.36. The summed E-state index contributed by atoms with van der Waals surface area (Å²) in [4.78, 5) is 36.5. The van der Waals surface area contributed by atoms with Crippen LogP contribution in [-0.2, 0) is 16.1 Å². The Labute approximate surface area is 170 Å². The molecule has 3 amide bonds. The number of urea groups is 1. The molecule has 0 radical (unpaired) electrons. The second-order valence-corrected chi connectivity index (χ2v) is 7.50. The second-order valence-electron chi connectivity index (χ2n) is 7.50. The minimum absolute atomic E-state index is 0.170. The van der Waals surface area contributed by atoms with Crippen molar-refractivity contribution in [2.75, 3.05) is 0 Å². The highest BCUT2D eigenvalue weighted by molar-refractivity contribution is 5.99. The second kappa shape index (κ2) is 9.73. The molecule has 154 valence electrons. The molecule has 0 aliphatic heterocycles. The highest BCUT2D eigenvalue weighted by Crippen LogP contribution is 2.16. The molecule has 1 atom stereocenters. The fourth-order valence-electron chi connectivity index (χ4n) is 2.39. The fourth-order valence-corrected chi connectivity index (χ4v) is 2.39. The van der Waals surface area contributed by atoms with Crippen LogP contribution in [0.4, 0.5) is 4.79 Å². The highest BCUT2D eigenvalue weighted by Gasteiger charge is 2.23. The molecule has 2 rings (SSSR count). The molecule has 7 nitrogen and oxygen atoms in total. The number of imide groups is 1. The third kappa shape index (κ3) is 7.29. The average molecular weight is 398 g/mol. The first-order chi connectivity index (χ1) is 13.7. The maximum Gasteiger partial charge on any atom is 0.339 e. The van der Waals surface area contributed by atoms with Crippen molar-refractivity contribution >= 4 is 17.9 Å². The van der Waals surface area contributed by atoms with Crippen molar-refractivity contribution in [3.8, 4) is 5.75 Å². The van der Waals surface area contributed by atoms with E-state index in [0.29, 0.717) is 16.9 Å². The number of nitrogens with one attached hydrogen (secondary N) is 2. The first-order valence-electron chi connectivity index (χ1n) is 9.25. The van der Waals surface area contributed by atoms with Crippen molar-refractivity contribution in [3.63, 3.8) is 0 Å². The third-order valence-electron chi connectivity index (χ3n) is 3.75. The Morgan fingerprint density at radius 1 is 0.966 bits per heavy atom. The van der Waals surface area contributed by atoms with E-state index in [1.165, 1.54) is 6.92 Å². The summed E-state index contributed by atoms with van der Waals surface area (Å²) in [5.41, 5.74) is 0.420. The van der Waals surface area contributed by atoms with E-state index in [1.807, 2.05) is 30.3 Å². The van der Waals surface area contributed by atoms with E-state index in [-0.39, 0.29) is 6.61 Å². The molecule has 0 saturated heterocycles. The maximum atomic E-state index is 12.5. The third-order valence-corrected chi connectivity index (χ3v) is 3.75. The van der Waals surface area contributed by atoms with Crippen molar-refractivity contribution < 1.29 is 23.9 Å². The monoisotopic (exact) mass is 398 g/mol. The number of ether oxygens (including phenoxy) is 2. The van der Waals surface area contributed by atoms with Gasteiger partial charge in [-0.05, 0) is 45.9 Å². The van der Waals surface area contributed by atoms with Gasteiger partial charge in [-0.2, -0.15) is 0 Å². The zero-order chi connectivity index (χ0) is 21.4. The van der Waals surface area contributed by atoms with E-state index >= 15 is 0 Å². The summed E-state index contributed by atoms with van der Waals surface area (Å²) < 4.78 is 10.9. The molecule has 0 heterocycles. The number of esters is 1. The van der Waals surface area contributed by atoms with Gasteiger partial charge < -0.3 is 14.8 Å². The Morgan fingerprint density at radius 2 is 1.59 bits per heavy atom. The summed E-state index contributed by atoms with van der Waals surface area (Å²) in [5, 5.41) is 4.77. The lowest BCUT2D eigenvalue weighted by Crippen LogP contribution is -2.50. The minimum Gasteiger partial charge on any atom is -0.489 e. The Morgan fingerprint density at radius 3 is 2.24 bits per heavy atom. The summed E-state index contributed by atoms with van der Waals surface area (Å²) in [6.45, 7) is 6.93. The summed E-state index contributed by atoms with van der Waals surface area (Å²) >= 11 is 0. The van der Waals surface area contributed by atoms with Crippen molar-refractivity contribution in [2.24, 2.45) is 0 Å². The average Bonchev–Trinajstić information content (AvgIpc) is 2.65. The molecule has 0 aliphatic rings. The van der Waals surface area contributed by atoms with Crippen LogP contribution in [0.15, 0.2) is 54.6 Å². The zero-order valence-electron chi connectivity index (χ0n) is 17.0. The highest BCUT2D eigenvalue weighted by atomic mass is 16.5. The molecule has 0 unspecified atom stereocenters. The number of carbonyl (C=O) groups is 3. The van der Waals surface area contributed by atoms with Crippen molar-refractivity contribution in [3.05, 3.63) is 65.7 Å². The van der Waals surface area contributed by atoms with Gasteiger partial charge in [-0.3, -0.25) is 10.1 Å². The largest absolute Gasteiger partial charge is 0.489 e. The summed E-state index contributed by atoms with van der Waals surface area (Å²) in [6.07, 6.45) is -1.14. The van der Waals surface area contributed by atoms with Crippen LogP contribution in [0, 0.1) is 0 Å². The van der Waals surface area contributed by atoms with Gasteiger partial charge in [0.1, 0.15) is 12.4 Å². The van der Waals surface area contributed by atoms with Gasteiger partial charge in [-0.25, -0.2) is 9.59 Å². The van der Waals surface area contributed by atoms with Crippen LogP contribution in [0.25, 0.3) is 0 Å². The van der Waals surface area contributed by atoms with Gasteiger partial charge in [0.15, 0.2) is 6.10 Å². The van der Waals surface area contributed by atoms with Crippen LogP contribution in [0.3, 0.4) is 0 Å². The minimum atomic E-state index is -1.14. The molecule has 0 aromatic heterocycles. The van der Waals surface area contributed by atoms with Crippen LogP contribution < -0.4 is 15.4 Å². The van der Waals surface area contributed by atoms with Gasteiger partial charge in [0.05, 0.1) is 5.56 Å². The fraction of sp³-hybridized carbons (Fsp3) is 0.318. The van der Waals surface area contributed by atoms with E-state index in [1.54, 1.807) is 45.0 Å². The first-order valence-corrected chi connectivity index (χ1v) is 9.25. The number of hydrogen-bond donors (Lipinski definition) is 2. The Balaban J connectivity index is 1.97. The smallest absolute Gasteiger partial charge is 0.339 e.